The van der Waals surface area contributed by atoms with E-state index in [-0.39, 0.29) is 10.8 Å². The molecule has 0 amide bonds. The molecule has 9 heteroatoms. The SMILES string of the molecule is C1CCNCC1.O=S(=O)(O)c1cccc2c(S(=O)(=O)O)cccc12. The zero-order valence-electron chi connectivity index (χ0n) is 12.8. The number of hydrogen-bond donors (Lipinski definition) is 3. The topological polar surface area (TPSA) is 121 Å². The van der Waals surface area contributed by atoms with Crippen LogP contribution in [0.2, 0.25) is 0 Å². The predicted molar refractivity (Wildman–Crippen MR) is 90.3 cm³/mol. The highest BCUT2D eigenvalue weighted by atomic mass is 32.2. The van der Waals surface area contributed by atoms with E-state index in [4.69, 9.17) is 9.11 Å². The molecule has 1 fully saturated rings. The molecule has 0 saturated carbocycles. The van der Waals surface area contributed by atoms with Crippen molar-refractivity contribution in [1.29, 1.82) is 0 Å². The average molecular weight is 373 g/mol. The maximum Gasteiger partial charge on any atom is 0.295 e. The second kappa shape index (κ2) is 7.58. The van der Waals surface area contributed by atoms with E-state index in [1.54, 1.807) is 0 Å². The highest BCUT2D eigenvalue weighted by Crippen LogP contribution is 2.27. The van der Waals surface area contributed by atoms with Crippen LogP contribution in [0.4, 0.5) is 0 Å². The maximum atomic E-state index is 11.2. The van der Waals surface area contributed by atoms with Crippen molar-refractivity contribution in [2.24, 2.45) is 0 Å². The van der Waals surface area contributed by atoms with Gasteiger partial charge >= 0.3 is 0 Å². The smallest absolute Gasteiger partial charge is 0.295 e. The molecule has 0 bridgehead atoms. The van der Waals surface area contributed by atoms with Crippen molar-refractivity contribution in [2.45, 2.75) is 29.1 Å². The lowest BCUT2D eigenvalue weighted by molar-refractivity contribution is 0.481. The summed E-state index contributed by atoms with van der Waals surface area (Å²) < 4.78 is 62.7. The molecule has 7 nitrogen and oxygen atoms in total. The van der Waals surface area contributed by atoms with Crippen molar-refractivity contribution in [1.82, 2.24) is 5.32 Å². The van der Waals surface area contributed by atoms with Gasteiger partial charge in [-0.3, -0.25) is 9.11 Å². The Morgan fingerprint density at radius 1 is 0.708 bits per heavy atom. The summed E-state index contributed by atoms with van der Waals surface area (Å²) in [5.74, 6) is 0. The minimum atomic E-state index is -4.47. The third-order valence-corrected chi connectivity index (χ3v) is 5.43. The lowest BCUT2D eigenvalue weighted by atomic mass is 10.1. The van der Waals surface area contributed by atoms with Gasteiger partial charge in [-0.1, -0.05) is 30.7 Å². The van der Waals surface area contributed by atoms with Crippen molar-refractivity contribution in [3.63, 3.8) is 0 Å². The Kier molecular flexibility index (Phi) is 5.94. The number of nitrogens with one attached hydrogen (secondary N) is 1. The second-order valence-electron chi connectivity index (χ2n) is 5.37. The molecule has 2 aromatic carbocycles. The van der Waals surface area contributed by atoms with Crippen molar-refractivity contribution in [2.75, 3.05) is 13.1 Å². The standard InChI is InChI=1S/C10H8O6S2.C5H11N/c11-17(12,13)9-5-1-3-7-8(9)4-2-6-10(7)18(14,15)16;1-2-4-6-5-3-1/h1-6H,(H,11,12,13)(H,14,15,16);6H,1-5H2. The van der Waals surface area contributed by atoms with Crippen molar-refractivity contribution in [3.8, 4) is 0 Å². The Balaban J connectivity index is 0.000000292. The summed E-state index contributed by atoms with van der Waals surface area (Å²) in [6.45, 7) is 2.50. The molecule has 1 saturated heterocycles. The van der Waals surface area contributed by atoms with E-state index in [9.17, 15) is 16.8 Å². The summed E-state index contributed by atoms with van der Waals surface area (Å²) in [5, 5.41) is 3.33. The first kappa shape index (κ1) is 18.8. The average Bonchev–Trinajstić information content (AvgIpc) is 2.54. The molecular formula is C15H19NO6S2. The fraction of sp³-hybridized carbons (Fsp3) is 0.333. The van der Waals surface area contributed by atoms with E-state index < -0.39 is 30.0 Å². The first-order chi connectivity index (χ1) is 11.2. The largest absolute Gasteiger partial charge is 0.317 e. The maximum absolute atomic E-state index is 11.2. The molecule has 1 aliphatic heterocycles. The van der Waals surface area contributed by atoms with Crippen LogP contribution in [-0.4, -0.2) is 39.0 Å². The molecule has 132 valence electrons. The van der Waals surface area contributed by atoms with Gasteiger partial charge in [0.2, 0.25) is 0 Å². The summed E-state index contributed by atoms with van der Waals surface area (Å²) in [6, 6.07) is 7.53. The monoisotopic (exact) mass is 373 g/mol. The van der Waals surface area contributed by atoms with Gasteiger partial charge in [0.1, 0.15) is 9.79 Å². The van der Waals surface area contributed by atoms with Gasteiger partial charge in [-0.15, -0.1) is 0 Å². The molecule has 3 N–H and O–H groups in total. The third kappa shape index (κ3) is 4.74. The fourth-order valence-electron chi connectivity index (χ4n) is 2.50. The van der Waals surface area contributed by atoms with Crippen LogP contribution in [0, 0.1) is 0 Å². The summed E-state index contributed by atoms with van der Waals surface area (Å²) in [7, 11) is -8.94. The molecule has 0 aromatic heterocycles. The van der Waals surface area contributed by atoms with Gasteiger partial charge in [0.15, 0.2) is 0 Å². The van der Waals surface area contributed by atoms with Crippen molar-refractivity contribution < 1.29 is 25.9 Å². The number of rotatable bonds is 2. The summed E-state index contributed by atoms with van der Waals surface area (Å²) in [6.07, 6.45) is 4.22. The van der Waals surface area contributed by atoms with Gasteiger partial charge < -0.3 is 5.32 Å². The van der Waals surface area contributed by atoms with E-state index in [1.165, 1.54) is 56.6 Å². The second-order valence-corrected chi connectivity index (χ2v) is 8.15. The van der Waals surface area contributed by atoms with E-state index in [2.05, 4.69) is 5.32 Å². The van der Waals surface area contributed by atoms with Gasteiger partial charge in [-0.2, -0.15) is 16.8 Å². The van der Waals surface area contributed by atoms with Gasteiger partial charge in [-0.25, -0.2) is 0 Å². The zero-order valence-corrected chi connectivity index (χ0v) is 14.5. The van der Waals surface area contributed by atoms with E-state index >= 15 is 0 Å². The third-order valence-electron chi connectivity index (χ3n) is 3.60. The summed E-state index contributed by atoms with van der Waals surface area (Å²) >= 11 is 0. The lowest BCUT2D eigenvalue weighted by Crippen LogP contribution is -2.21. The molecule has 1 heterocycles. The van der Waals surface area contributed by atoms with Gasteiger partial charge in [-0.05, 0) is 38.1 Å². The Morgan fingerprint density at radius 3 is 1.38 bits per heavy atom. The molecule has 24 heavy (non-hydrogen) atoms. The summed E-state index contributed by atoms with van der Waals surface area (Å²) in [5.41, 5.74) is 0. The van der Waals surface area contributed by atoms with E-state index in [0.717, 1.165) is 12.1 Å². The Labute approximate surface area is 141 Å². The van der Waals surface area contributed by atoms with E-state index in [1.807, 2.05) is 0 Å². The van der Waals surface area contributed by atoms with Crippen LogP contribution in [0.5, 0.6) is 0 Å². The van der Waals surface area contributed by atoms with Crippen molar-refractivity contribution >= 4 is 31.0 Å². The van der Waals surface area contributed by atoms with Crippen LogP contribution < -0.4 is 5.32 Å². The Hall–Kier alpha value is -1.52. The number of piperidine rings is 1. The van der Waals surface area contributed by atoms with Gasteiger partial charge in [0, 0.05) is 10.8 Å². The number of fused-ring (bicyclic) bond motifs is 1. The molecule has 0 aliphatic carbocycles. The first-order valence-corrected chi connectivity index (χ1v) is 10.3. The van der Waals surface area contributed by atoms with Gasteiger partial charge in [0.05, 0.1) is 0 Å². The molecule has 1 aliphatic rings. The fourth-order valence-corrected chi connectivity index (χ4v) is 3.92. The normalized spacial score (nSPS) is 15.6. The van der Waals surface area contributed by atoms with Crippen LogP contribution in [-0.2, 0) is 20.2 Å². The molecule has 0 atom stereocenters. The summed E-state index contributed by atoms with van der Waals surface area (Å²) in [4.78, 5) is -0.823. The lowest BCUT2D eigenvalue weighted by Gasteiger charge is -2.08. The first-order valence-electron chi connectivity index (χ1n) is 7.39. The minimum absolute atomic E-state index is 0.0233. The van der Waals surface area contributed by atoms with Crippen LogP contribution in [0.25, 0.3) is 10.8 Å². The quantitative estimate of drug-likeness (QED) is 0.689. The highest BCUT2D eigenvalue weighted by Gasteiger charge is 2.18. The van der Waals surface area contributed by atoms with Gasteiger partial charge in [0.25, 0.3) is 20.2 Å². The molecule has 0 radical (unpaired) electrons. The Bertz CT molecular complexity index is 835. The van der Waals surface area contributed by atoms with Crippen LogP contribution in [0.15, 0.2) is 46.2 Å². The van der Waals surface area contributed by atoms with Crippen LogP contribution in [0.3, 0.4) is 0 Å². The molecule has 3 rings (SSSR count). The predicted octanol–water partition coefficient (Wildman–Crippen LogP) is 2.09. The van der Waals surface area contributed by atoms with Crippen LogP contribution >= 0.6 is 0 Å². The zero-order chi connectivity index (χ0) is 17.8. The van der Waals surface area contributed by atoms with Crippen LogP contribution in [0.1, 0.15) is 19.3 Å². The molecule has 0 spiro atoms. The van der Waals surface area contributed by atoms with E-state index in [0.29, 0.717) is 0 Å². The molecule has 0 unspecified atom stereocenters. The van der Waals surface area contributed by atoms with Crippen molar-refractivity contribution in [3.05, 3.63) is 36.4 Å². The number of hydrogen-bond acceptors (Lipinski definition) is 5. The number of benzene rings is 2. The molecule has 2 aromatic rings. The Morgan fingerprint density at radius 2 is 1.12 bits per heavy atom. The highest BCUT2D eigenvalue weighted by molar-refractivity contribution is 7.86. The minimum Gasteiger partial charge on any atom is -0.317 e. The molecular weight excluding hydrogens is 354 g/mol.